The molecule has 1 aliphatic heterocycles. The van der Waals surface area contributed by atoms with Crippen molar-refractivity contribution >= 4 is 5.95 Å². The molecule has 1 aromatic rings. The molecule has 0 amide bonds. The zero-order chi connectivity index (χ0) is 11.7. The Labute approximate surface area is 98.8 Å². The van der Waals surface area contributed by atoms with E-state index < -0.39 is 5.95 Å². The summed E-state index contributed by atoms with van der Waals surface area (Å²) in [6.45, 7) is 1.72. The number of hydrogen-bond donors (Lipinski definition) is 2. The van der Waals surface area contributed by atoms with E-state index >= 15 is 0 Å². The highest BCUT2D eigenvalue weighted by Crippen LogP contribution is 2.24. The highest BCUT2D eigenvalue weighted by atomic mass is 19.1. The molecule has 5 nitrogen and oxygen atoms in total. The van der Waals surface area contributed by atoms with Crippen LogP contribution in [0.4, 0.5) is 10.3 Å². The normalized spacial score (nSPS) is 23.7. The van der Waals surface area contributed by atoms with Crippen molar-refractivity contribution in [3.63, 3.8) is 0 Å². The second-order valence-electron chi connectivity index (χ2n) is 4.50. The molecule has 1 saturated carbocycles. The minimum absolute atomic E-state index is 0.0816. The fourth-order valence-corrected chi connectivity index (χ4v) is 1.83. The van der Waals surface area contributed by atoms with Gasteiger partial charge in [-0.2, -0.15) is 14.4 Å². The van der Waals surface area contributed by atoms with Gasteiger partial charge in [0.25, 0.3) is 0 Å². The van der Waals surface area contributed by atoms with Crippen LogP contribution >= 0.6 is 0 Å². The van der Waals surface area contributed by atoms with Crippen LogP contribution in [0.15, 0.2) is 6.07 Å². The van der Waals surface area contributed by atoms with Crippen LogP contribution < -0.4 is 15.4 Å². The highest BCUT2D eigenvalue weighted by Gasteiger charge is 2.23. The molecule has 0 bridgehead atoms. The minimum Gasteiger partial charge on any atom is -0.473 e. The average Bonchev–Trinajstić information content (AvgIpc) is 2.92. The highest BCUT2D eigenvalue weighted by molar-refractivity contribution is 5.31. The maximum atomic E-state index is 13.3. The van der Waals surface area contributed by atoms with E-state index in [0.29, 0.717) is 17.9 Å². The first-order chi connectivity index (χ1) is 8.29. The third-order valence-corrected chi connectivity index (χ3v) is 2.88. The Morgan fingerprint density at radius 3 is 2.94 bits per heavy atom. The largest absolute Gasteiger partial charge is 0.473 e. The van der Waals surface area contributed by atoms with E-state index in [2.05, 4.69) is 20.6 Å². The van der Waals surface area contributed by atoms with E-state index in [1.807, 2.05) is 0 Å². The van der Waals surface area contributed by atoms with Crippen LogP contribution in [0.5, 0.6) is 5.88 Å². The van der Waals surface area contributed by atoms with Gasteiger partial charge in [0.05, 0.1) is 6.07 Å². The number of ether oxygens (including phenoxy) is 1. The summed E-state index contributed by atoms with van der Waals surface area (Å²) >= 11 is 0. The predicted octanol–water partition coefficient (Wildman–Crippen LogP) is 0.931. The standard InChI is InChI=1S/C11H15FN4O/c12-9-5-10(17-8-3-4-13-6-8)16-11(15-9)14-7-1-2-7/h5,7-8,13H,1-4,6H2,(H,14,15,16). The smallest absolute Gasteiger partial charge is 0.228 e. The van der Waals surface area contributed by atoms with Gasteiger partial charge in [-0.25, -0.2) is 0 Å². The number of aromatic nitrogens is 2. The first-order valence-electron chi connectivity index (χ1n) is 5.98. The van der Waals surface area contributed by atoms with Gasteiger partial charge < -0.3 is 15.4 Å². The lowest BCUT2D eigenvalue weighted by atomic mass is 10.3. The van der Waals surface area contributed by atoms with Crippen molar-refractivity contribution in [1.29, 1.82) is 0 Å². The summed E-state index contributed by atoms with van der Waals surface area (Å²) in [5.74, 6) is 0.0897. The Hall–Kier alpha value is -1.43. The van der Waals surface area contributed by atoms with Gasteiger partial charge in [-0.3, -0.25) is 0 Å². The molecule has 2 fully saturated rings. The van der Waals surface area contributed by atoms with E-state index in [0.717, 1.165) is 32.4 Å². The van der Waals surface area contributed by atoms with Crippen LogP contribution in [0.2, 0.25) is 0 Å². The van der Waals surface area contributed by atoms with Crippen molar-refractivity contribution in [3.8, 4) is 5.88 Å². The van der Waals surface area contributed by atoms with Gasteiger partial charge in [0.2, 0.25) is 17.8 Å². The van der Waals surface area contributed by atoms with Gasteiger partial charge in [-0.1, -0.05) is 0 Å². The summed E-state index contributed by atoms with van der Waals surface area (Å²) in [5, 5.41) is 6.25. The Balaban J connectivity index is 1.70. The molecule has 0 spiro atoms. The zero-order valence-corrected chi connectivity index (χ0v) is 9.45. The zero-order valence-electron chi connectivity index (χ0n) is 9.45. The van der Waals surface area contributed by atoms with Gasteiger partial charge in [0.15, 0.2) is 0 Å². The first-order valence-corrected chi connectivity index (χ1v) is 5.98. The number of nitrogens with one attached hydrogen (secondary N) is 2. The van der Waals surface area contributed by atoms with E-state index in [-0.39, 0.29) is 6.10 Å². The van der Waals surface area contributed by atoms with Gasteiger partial charge in [-0.05, 0) is 25.8 Å². The molecule has 0 radical (unpaired) electrons. The van der Waals surface area contributed by atoms with Crippen LogP contribution in [0.3, 0.4) is 0 Å². The van der Waals surface area contributed by atoms with Crippen molar-refractivity contribution in [3.05, 3.63) is 12.0 Å². The molecule has 92 valence electrons. The number of rotatable bonds is 4. The molecule has 2 heterocycles. The lowest BCUT2D eigenvalue weighted by Gasteiger charge is -2.12. The summed E-state index contributed by atoms with van der Waals surface area (Å²) < 4.78 is 18.9. The molecule has 1 unspecified atom stereocenters. The molecule has 6 heteroatoms. The van der Waals surface area contributed by atoms with E-state index in [4.69, 9.17) is 4.74 Å². The lowest BCUT2D eigenvalue weighted by Crippen LogP contribution is -2.20. The summed E-state index contributed by atoms with van der Waals surface area (Å²) in [6.07, 6.45) is 3.21. The number of nitrogens with zero attached hydrogens (tertiary/aromatic N) is 2. The van der Waals surface area contributed by atoms with Crippen LogP contribution in [-0.2, 0) is 0 Å². The SMILES string of the molecule is Fc1cc(OC2CCNC2)nc(NC2CC2)n1. The van der Waals surface area contributed by atoms with Gasteiger partial charge >= 0.3 is 0 Å². The number of hydrogen-bond acceptors (Lipinski definition) is 5. The topological polar surface area (TPSA) is 59.1 Å². The van der Waals surface area contributed by atoms with Crippen molar-refractivity contribution < 1.29 is 9.13 Å². The summed E-state index contributed by atoms with van der Waals surface area (Å²) in [5.41, 5.74) is 0. The Kier molecular flexibility index (Phi) is 2.80. The Morgan fingerprint density at radius 2 is 2.24 bits per heavy atom. The molecule has 1 saturated heterocycles. The fraction of sp³-hybridized carbons (Fsp3) is 0.636. The fourth-order valence-electron chi connectivity index (χ4n) is 1.83. The third-order valence-electron chi connectivity index (χ3n) is 2.88. The molecule has 2 N–H and O–H groups in total. The first kappa shape index (κ1) is 10.7. The number of halogens is 1. The van der Waals surface area contributed by atoms with Crippen LogP contribution in [0.1, 0.15) is 19.3 Å². The lowest BCUT2D eigenvalue weighted by molar-refractivity contribution is 0.212. The molecule has 1 aromatic heterocycles. The van der Waals surface area contributed by atoms with Gasteiger partial charge in [0.1, 0.15) is 6.10 Å². The Morgan fingerprint density at radius 1 is 1.35 bits per heavy atom. The summed E-state index contributed by atoms with van der Waals surface area (Å²) in [7, 11) is 0. The molecule has 3 rings (SSSR count). The Bertz CT molecular complexity index is 404. The molecule has 0 aromatic carbocycles. The van der Waals surface area contributed by atoms with E-state index in [1.54, 1.807) is 0 Å². The maximum absolute atomic E-state index is 13.3. The summed E-state index contributed by atoms with van der Waals surface area (Å²) in [4.78, 5) is 7.87. The molecule has 1 atom stereocenters. The van der Waals surface area contributed by atoms with Crippen molar-refractivity contribution in [1.82, 2.24) is 15.3 Å². The van der Waals surface area contributed by atoms with Crippen molar-refractivity contribution in [2.75, 3.05) is 18.4 Å². The van der Waals surface area contributed by atoms with Crippen LogP contribution in [-0.4, -0.2) is 35.2 Å². The predicted molar refractivity (Wildman–Crippen MR) is 60.5 cm³/mol. The van der Waals surface area contributed by atoms with E-state index in [1.165, 1.54) is 6.07 Å². The monoisotopic (exact) mass is 238 g/mol. The van der Waals surface area contributed by atoms with E-state index in [9.17, 15) is 4.39 Å². The van der Waals surface area contributed by atoms with Crippen molar-refractivity contribution in [2.24, 2.45) is 0 Å². The minimum atomic E-state index is -0.552. The summed E-state index contributed by atoms with van der Waals surface area (Å²) in [6, 6.07) is 1.63. The van der Waals surface area contributed by atoms with Gasteiger partial charge in [0, 0.05) is 12.6 Å². The maximum Gasteiger partial charge on any atom is 0.228 e. The average molecular weight is 238 g/mol. The van der Waals surface area contributed by atoms with Crippen LogP contribution in [0.25, 0.3) is 0 Å². The van der Waals surface area contributed by atoms with Crippen LogP contribution in [0, 0.1) is 5.95 Å². The molecule has 2 aliphatic rings. The second kappa shape index (κ2) is 4.44. The molecular formula is C11H15FN4O. The van der Waals surface area contributed by atoms with Gasteiger partial charge in [-0.15, -0.1) is 0 Å². The quantitative estimate of drug-likeness (QED) is 0.764. The molecule has 17 heavy (non-hydrogen) atoms. The molecule has 1 aliphatic carbocycles. The third kappa shape index (κ3) is 2.82. The number of anilines is 1. The molecular weight excluding hydrogens is 223 g/mol. The van der Waals surface area contributed by atoms with Crippen molar-refractivity contribution in [2.45, 2.75) is 31.4 Å². The second-order valence-corrected chi connectivity index (χ2v) is 4.50.